The third-order valence-corrected chi connectivity index (χ3v) is 0.524. The normalized spacial score (nSPS) is 16.1. The highest BCUT2D eigenvalue weighted by Gasteiger charge is 2.24. The molecule has 0 bridgehead atoms. The lowest BCUT2D eigenvalue weighted by molar-refractivity contribution is -0.170. The number of carbonyl (C=O) groups excluding carboxylic acids is 1. The molecule has 3 nitrogen and oxygen atoms in total. The second kappa shape index (κ2) is 2.92. The summed E-state index contributed by atoms with van der Waals surface area (Å²) in [7, 11) is 0. The van der Waals surface area contributed by atoms with E-state index < -0.39 is 6.16 Å². The fourth-order valence-corrected chi connectivity index (χ4v) is 0.280. The van der Waals surface area contributed by atoms with Crippen molar-refractivity contribution in [2.75, 3.05) is 0 Å². The van der Waals surface area contributed by atoms with E-state index in [9.17, 15) is 4.79 Å². The molecule has 1 fully saturated rings. The second-order valence-corrected chi connectivity index (χ2v) is 1.05. The van der Waals surface area contributed by atoms with Crippen LogP contribution in [0.4, 0.5) is 4.79 Å². The number of rotatable bonds is 0. The summed E-state index contributed by atoms with van der Waals surface area (Å²) in [6.07, 6.45) is 7.12. The van der Waals surface area contributed by atoms with Gasteiger partial charge in [-0.3, -0.25) is 0 Å². The maximum atomic E-state index is 9.67. The van der Waals surface area contributed by atoms with Crippen molar-refractivity contribution >= 4 is 6.16 Å². The zero-order chi connectivity index (χ0) is 6.57. The van der Waals surface area contributed by atoms with E-state index in [0.717, 1.165) is 0 Å². The molecule has 0 radical (unpaired) electrons. The van der Waals surface area contributed by atoms with Crippen LogP contribution in [0.15, 0.2) is 0 Å². The van der Waals surface area contributed by atoms with E-state index in [1.807, 2.05) is 0 Å². The van der Waals surface area contributed by atoms with E-state index in [2.05, 4.69) is 22.3 Å². The molecule has 0 spiro atoms. The molecule has 0 unspecified atom stereocenters. The van der Waals surface area contributed by atoms with Crippen LogP contribution in [0.5, 0.6) is 0 Å². The number of ether oxygens (including phenoxy) is 2. The van der Waals surface area contributed by atoms with Gasteiger partial charge in [0.2, 0.25) is 0 Å². The van der Waals surface area contributed by atoms with Crippen molar-refractivity contribution in [3.05, 3.63) is 0 Å². The summed E-state index contributed by atoms with van der Waals surface area (Å²) >= 11 is 0. The molecule has 0 atom stereocenters. The quantitative estimate of drug-likeness (QED) is 0.344. The predicted octanol–water partition coefficient (Wildman–Crippen LogP) is 0.749. The maximum absolute atomic E-state index is 9.67. The first-order valence-corrected chi connectivity index (χ1v) is 1.99. The Morgan fingerprint density at radius 3 is 1.88 bits per heavy atom. The molecule has 1 aliphatic rings. The molecule has 0 aromatic rings. The van der Waals surface area contributed by atoms with Gasteiger partial charge in [0.05, 0.1) is 0 Å². The average molecular weight is 114 g/mol. The zero-order valence-corrected chi connectivity index (χ0v) is 4.46. The van der Waals surface area contributed by atoms with Gasteiger partial charge < -0.3 is 9.47 Å². The predicted molar refractivity (Wildman–Crippen MR) is 26.9 cm³/mol. The smallest absolute Gasteiger partial charge is 0.394 e. The lowest BCUT2D eigenvalue weighted by atomic mass is 10.7. The number of cyclic esters (lactones) is 2. The topological polar surface area (TPSA) is 35.5 Å². The highest BCUT2D eigenvalue weighted by Crippen LogP contribution is 2.07. The Morgan fingerprint density at radius 1 is 1.50 bits per heavy atom. The average Bonchev–Trinajstić information content (AvgIpc) is 1.70. The monoisotopic (exact) mass is 114 g/mol. The Hall–Kier alpha value is -1.17. The molecule has 1 aliphatic heterocycles. The van der Waals surface area contributed by atoms with Gasteiger partial charge in [-0.05, 0) is 0 Å². The molecule has 0 aromatic carbocycles. The first-order valence-electron chi connectivity index (χ1n) is 1.99. The van der Waals surface area contributed by atoms with Crippen molar-refractivity contribution in [1.82, 2.24) is 0 Å². The van der Waals surface area contributed by atoms with Gasteiger partial charge in [0.1, 0.15) is 0 Å². The molecule has 1 saturated heterocycles. The largest absolute Gasteiger partial charge is 0.514 e. The molecular formula is C5H6O3. The summed E-state index contributed by atoms with van der Waals surface area (Å²) in [6, 6.07) is 0. The van der Waals surface area contributed by atoms with E-state index in [1.165, 1.54) is 0 Å². The van der Waals surface area contributed by atoms with Gasteiger partial charge >= 0.3 is 6.16 Å². The van der Waals surface area contributed by atoms with E-state index >= 15 is 0 Å². The first-order chi connectivity index (χ1) is 3.79. The van der Waals surface area contributed by atoms with Gasteiger partial charge in [0.15, 0.2) is 0 Å². The van der Waals surface area contributed by atoms with Crippen molar-refractivity contribution < 1.29 is 14.3 Å². The standard InChI is InChI=1S/C3H4O3.C2H2/c1-2-5-3(4)6-2;1-2/h2H,1H3;1-2H. The Balaban J connectivity index is 0.000000222. The summed E-state index contributed by atoms with van der Waals surface area (Å²) < 4.78 is 8.56. The van der Waals surface area contributed by atoms with Crippen LogP contribution in [0, 0.1) is 12.8 Å². The number of hydrogen-bond donors (Lipinski definition) is 0. The molecule has 0 aliphatic carbocycles. The van der Waals surface area contributed by atoms with Crippen LogP contribution in [-0.4, -0.2) is 12.4 Å². The minimum atomic E-state index is -0.567. The summed E-state index contributed by atoms with van der Waals surface area (Å²) in [4.78, 5) is 9.67. The third kappa shape index (κ3) is 1.52. The Bertz CT molecular complexity index is 97.5. The molecule has 0 amide bonds. The Morgan fingerprint density at radius 2 is 1.88 bits per heavy atom. The van der Waals surface area contributed by atoms with Crippen LogP contribution in [-0.2, 0) is 9.47 Å². The summed E-state index contributed by atoms with van der Waals surface area (Å²) in [6.45, 7) is 1.65. The third-order valence-electron chi connectivity index (χ3n) is 0.524. The van der Waals surface area contributed by atoms with E-state index in [-0.39, 0.29) is 6.29 Å². The molecule has 8 heavy (non-hydrogen) atoms. The van der Waals surface area contributed by atoms with E-state index in [1.54, 1.807) is 6.92 Å². The maximum Gasteiger partial charge on any atom is 0.514 e. The molecule has 1 heterocycles. The molecule has 0 aromatic heterocycles. The van der Waals surface area contributed by atoms with E-state index in [4.69, 9.17) is 0 Å². The van der Waals surface area contributed by atoms with Crippen LogP contribution < -0.4 is 0 Å². The molecule has 0 N–H and O–H groups in total. The Kier molecular flexibility index (Phi) is 2.49. The number of carbonyl (C=O) groups is 1. The van der Waals surface area contributed by atoms with Gasteiger partial charge in [-0.25, -0.2) is 4.79 Å². The fraction of sp³-hybridized carbons (Fsp3) is 0.400. The molecule has 1 rings (SSSR count). The van der Waals surface area contributed by atoms with Gasteiger partial charge in [0, 0.05) is 6.92 Å². The number of hydrogen-bond acceptors (Lipinski definition) is 3. The second-order valence-electron chi connectivity index (χ2n) is 1.05. The summed E-state index contributed by atoms with van der Waals surface area (Å²) in [5.74, 6) is 0. The van der Waals surface area contributed by atoms with Crippen molar-refractivity contribution in [2.24, 2.45) is 0 Å². The van der Waals surface area contributed by atoms with Crippen LogP contribution in [0.25, 0.3) is 0 Å². The minimum Gasteiger partial charge on any atom is -0.394 e. The fourth-order valence-electron chi connectivity index (χ4n) is 0.280. The van der Waals surface area contributed by atoms with Gasteiger partial charge in [-0.1, -0.05) is 0 Å². The number of terminal acetylenes is 1. The van der Waals surface area contributed by atoms with Crippen LogP contribution in [0.3, 0.4) is 0 Å². The van der Waals surface area contributed by atoms with Crippen LogP contribution >= 0.6 is 0 Å². The SMILES string of the molecule is C#C.CC1OC(=O)O1. The van der Waals surface area contributed by atoms with Crippen molar-refractivity contribution in [3.63, 3.8) is 0 Å². The van der Waals surface area contributed by atoms with E-state index in [0.29, 0.717) is 0 Å². The Labute approximate surface area is 47.6 Å². The van der Waals surface area contributed by atoms with Crippen molar-refractivity contribution in [1.29, 1.82) is 0 Å². The zero-order valence-electron chi connectivity index (χ0n) is 4.46. The highest BCUT2D eigenvalue weighted by atomic mass is 16.9. The summed E-state index contributed by atoms with van der Waals surface area (Å²) in [5, 5.41) is 0. The highest BCUT2D eigenvalue weighted by molar-refractivity contribution is 5.63. The van der Waals surface area contributed by atoms with Gasteiger partial charge in [-0.15, -0.1) is 12.8 Å². The molecule has 0 saturated carbocycles. The van der Waals surface area contributed by atoms with Crippen molar-refractivity contribution in [3.8, 4) is 12.8 Å². The lowest BCUT2D eigenvalue weighted by Gasteiger charge is -2.20. The first kappa shape index (κ1) is 6.83. The molecule has 3 heteroatoms. The molecule has 44 valence electrons. The van der Waals surface area contributed by atoms with Crippen molar-refractivity contribution in [2.45, 2.75) is 13.2 Å². The molecular weight excluding hydrogens is 108 g/mol. The van der Waals surface area contributed by atoms with Gasteiger partial charge in [-0.2, -0.15) is 0 Å². The minimum absolute atomic E-state index is 0.308. The van der Waals surface area contributed by atoms with Gasteiger partial charge in [0.25, 0.3) is 6.29 Å². The summed E-state index contributed by atoms with van der Waals surface area (Å²) in [5.41, 5.74) is 0. The van der Waals surface area contributed by atoms with Crippen LogP contribution in [0.1, 0.15) is 6.92 Å². The lowest BCUT2D eigenvalue weighted by Crippen LogP contribution is -2.32. The van der Waals surface area contributed by atoms with Crippen LogP contribution in [0.2, 0.25) is 0 Å².